The van der Waals surface area contributed by atoms with Crippen molar-refractivity contribution >= 4 is 28.9 Å². The normalized spacial score (nSPS) is 13.8. The molecule has 1 aliphatic heterocycles. The van der Waals surface area contributed by atoms with Gasteiger partial charge in [-0.25, -0.2) is 5.01 Å². The first-order chi connectivity index (χ1) is 12.1. The van der Waals surface area contributed by atoms with Gasteiger partial charge in [0.2, 0.25) is 5.91 Å². The molecule has 0 radical (unpaired) electrons. The van der Waals surface area contributed by atoms with Gasteiger partial charge in [0, 0.05) is 24.1 Å². The highest BCUT2D eigenvalue weighted by Gasteiger charge is 2.25. The number of nitrogens with one attached hydrogen (secondary N) is 1. The van der Waals surface area contributed by atoms with Crippen LogP contribution in [0.25, 0.3) is 0 Å². The summed E-state index contributed by atoms with van der Waals surface area (Å²) >= 11 is 0. The van der Waals surface area contributed by atoms with Gasteiger partial charge < -0.3 is 5.32 Å². The molecule has 2 amide bonds. The molecule has 5 heteroatoms. The maximum absolute atomic E-state index is 12.5. The number of hydrazone groups is 1. The average Bonchev–Trinajstić information content (AvgIpc) is 2.62. The van der Waals surface area contributed by atoms with Gasteiger partial charge in [-0.3, -0.25) is 9.59 Å². The highest BCUT2D eigenvalue weighted by atomic mass is 16.2. The molecule has 0 unspecified atom stereocenters. The number of rotatable bonds is 3. The fraction of sp³-hybridized carbons (Fsp3) is 0.150. The molecule has 1 N–H and O–H groups in total. The number of hydrogen-bond donors (Lipinski definition) is 1. The van der Waals surface area contributed by atoms with Crippen LogP contribution in [0.5, 0.6) is 0 Å². The van der Waals surface area contributed by atoms with E-state index in [1.54, 1.807) is 30.3 Å². The smallest absolute Gasteiger partial charge is 0.271 e. The van der Waals surface area contributed by atoms with Gasteiger partial charge in [-0.2, -0.15) is 5.10 Å². The zero-order valence-corrected chi connectivity index (χ0v) is 13.8. The third-order valence-electron chi connectivity index (χ3n) is 3.83. The molecule has 2 aromatic rings. The van der Waals surface area contributed by atoms with Crippen LogP contribution in [0.4, 0.5) is 11.4 Å². The molecule has 0 atom stereocenters. The van der Waals surface area contributed by atoms with E-state index < -0.39 is 0 Å². The Balaban J connectivity index is 1.83. The Morgan fingerprint density at radius 1 is 1.20 bits per heavy atom. The molecule has 0 bridgehead atoms. The Morgan fingerprint density at radius 3 is 2.76 bits per heavy atom. The molecule has 25 heavy (non-hydrogen) atoms. The zero-order chi connectivity index (χ0) is 17.8. The number of anilines is 2. The minimum atomic E-state index is -0.334. The maximum Gasteiger partial charge on any atom is 0.271 e. The van der Waals surface area contributed by atoms with Crippen molar-refractivity contribution in [2.45, 2.75) is 19.8 Å². The topological polar surface area (TPSA) is 61.8 Å². The van der Waals surface area contributed by atoms with Crippen molar-refractivity contribution in [3.63, 3.8) is 0 Å². The zero-order valence-electron chi connectivity index (χ0n) is 13.8. The summed E-state index contributed by atoms with van der Waals surface area (Å²) in [6, 6.07) is 14.5. The molecule has 0 aromatic heterocycles. The summed E-state index contributed by atoms with van der Waals surface area (Å²) in [6.07, 6.45) is 5.92. The van der Waals surface area contributed by atoms with Crippen LogP contribution in [-0.2, 0) is 9.59 Å². The molecule has 0 spiro atoms. The Labute approximate surface area is 146 Å². The summed E-state index contributed by atoms with van der Waals surface area (Å²) in [5.41, 5.74) is 3.27. The van der Waals surface area contributed by atoms with E-state index in [9.17, 15) is 9.59 Å². The quantitative estimate of drug-likeness (QED) is 0.879. The van der Waals surface area contributed by atoms with Crippen molar-refractivity contribution in [3.8, 4) is 12.3 Å². The van der Waals surface area contributed by atoms with Crippen molar-refractivity contribution in [1.82, 2.24) is 0 Å². The van der Waals surface area contributed by atoms with Crippen LogP contribution in [0.15, 0.2) is 53.6 Å². The standard InChI is InChI=1S/C20H17N3O2/c1-3-15-7-5-8-16(13-15)21-20(25)18-10-11-19(24)23(22-18)17-9-4-6-14(2)12-17/h1,4-9,12-13H,10-11H2,2H3,(H,21,25). The van der Waals surface area contributed by atoms with E-state index in [0.29, 0.717) is 29.1 Å². The van der Waals surface area contributed by atoms with E-state index in [4.69, 9.17) is 6.42 Å². The van der Waals surface area contributed by atoms with E-state index in [1.807, 2.05) is 25.1 Å². The van der Waals surface area contributed by atoms with E-state index in [1.165, 1.54) is 5.01 Å². The van der Waals surface area contributed by atoms with Crippen LogP contribution in [0.2, 0.25) is 0 Å². The Bertz CT molecular complexity index is 909. The van der Waals surface area contributed by atoms with Crippen LogP contribution in [-0.4, -0.2) is 17.5 Å². The number of terminal acetylenes is 1. The second-order valence-corrected chi connectivity index (χ2v) is 5.77. The van der Waals surface area contributed by atoms with Crippen LogP contribution in [0, 0.1) is 19.3 Å². The van der Waals surface area contributed by atoms with E-state index >= 15 is 0 Å². The van der Waals surface area contributed by atoms with Crippen LogP contribution in [0.3, 0.4) is 0 Å². The third-order valence-corrected chi connectivity index (χ3v) is 3.83. The number of benzene rings is 2. The van der Waals surface area contributed by atoms with Crippen molar-refractivity contribution in [1.29, 1.82) is 0 Å². The van der Waals surface area contributed by atoms with Gasteiger partial charge in [0.05, 0.1) is 5.69 Å². The lowest BCUT2D eigenvalue weighted by Gasteiger charge is -2.23. The molecule has 0 saturated carbocycles. The van der Waals surface area contributed by atoms with Crippen LogP contribution >= 0.6 is 0 Å². The van der Waals surface area contributed by atoms with E-state index in [0.717, 1.165) is 5.56 Å². The van der Waals surface area contributed by atoms with E-state index in [2.05, 4.69) is 16.3 Å². The fourth-order valence-electron chi connectivity index (χ4n) is 2.57. The van der Waals surface area contributed by atoms with Gasteiger partial charge in [-0.1, -0.05) is 24.1 Å². The predicted molar refractivity (Wildman–Crippen MR) is 98.3 cm³/mol. The second-order valence-electron chi connectivity index (χ2n) is 5.77. The third kappa shape index (κ3) is 3.75. The van der Waals surface area contributed by atoms with E-state index in [-0.39, 0.29) is 18.2 Å². The first-order valence-electron chi connectivity index (χ1n) is 7.92. The molecule has 0 aliphatic carbocycles. The van der Waals surface area contributed by atoms with Crippen molar-refractivity contribution in [2.24, 2.45) is 5.10 Å². The van der Waals surface area contributed by atoms with Crippen molar-refractivity contribution in [2.75, 3.05) is 10.3 Å². The Morgan fingerprint density at radius 2 is 2.00 bits per heavy atom. The highest BCUT2D eigenvalue weighted by Crippen LogP contribution is 2.21. The highest BCUT2D eigenvalue weighted by molar-refractivity contribution is 6.44. The van der Waals surface area contributed by atoms with Gasteiger partial charge in [0.25, 0.3) is 5.91 Å². The lowest BCUT2D eigenvalue weighted by molar-refractivity contribution is -0.118. The number of hydrogen-bond acceptors (Lipinski definition) is 3. The average molecular weight is 331 g/mol. The summed E-state index contributed by atoms with van der Waals surface area (Å²) in [5, 5.41) is 8.34. The minimum Gasteiger partial charge on any atom is -0.321 e. The van der Waals surface area contributed by atoms with Crippen LogP contribution in [0.1, 0.15) is 24.0 Å². The molecular formula is C20H17N3O2. The lowest BCUT2D eigenvalue weighted by atomic mass is 10.1. The summed E-state index contributed by atoms with van der Waals surface area (Å²) in [6.45, 7) is 1.94. The van der Waals surface area contributed by atoms with Gasteiger partial charge >= 0.3 is 0 Å². The first kappa shape index (κ1) is 16.5. The lowest BCUT2D eigenvalue weighted by Crippen LogP contribution is -2.36. The fourth-order valence-corrected chi connectivity index (χ4v) is 2.57. The minimum absolute atomic E-state index is 0.128. The second kappa shape index (κ2) is 7.02. The van der Waals surface area contributed by atoms with Gasteiger partial charge in [0.1, 0.15) is 5.71 Å². The SMILES string of the molecule is C#Cc1cccc(NC(=O)C2=NN(c3cccc(C)c3)C(=O)CC2)c1. The molecule has 5 nitrogen and oxygen atoms in total. The summed E-state index contributed by atoms with van der Waals surface area (Å²) < 4.78 is 0. The molecular weight excluding hydrogens is 314 g/mol. The largest absolute Gasteiger partial charge is 0.321 e. The molecule has 124 valence electrons. The molecule has 1 heterocycles. The summed E-state index contributed by atoms with van der Waals surface area (Å²) in [4.78, 5) is 24.7. The van der Waals surface area contributed by atoms with Crippen molar-refractivity contribution in [3.05, 3.63) is 59.7 Å². The van der Waals surface area contributed by atoms with Crippen LogP contribution < -0.4 is 10.3 Å². The maximum atomic E-state index is 12.5. The number of carbonyl (C=O) groups is 2. The predicted octanol–water partition coefficient (Wildman–Crippen LogP) is 3.10. The Hall–Kier alpha value is -3.39. The van der Waals surface area contributed by atoms with Gasteiger partial charge in [-0.15, -0.1) is 6.42 Å². The number of aryl methyl sites for hydroxylation is 1. The summed E-state index contributed by atoms with van der Waals surface area (Å²) in [7, 11) is 0. The summed E-state index contributed by atoms with van der Waals surface area (Å²) in [5.74, 6) is 2.06. The molecule has 3 rings (SSSR count). The number of carbonyl (C=O) groups excluding carboxylic acids is 2. The molecule has 0 fully saturated rings. The molecule has 0 saturated heterocycles. The first-order valence-corrected chi connectivity index (χ1v) is 7.92. The van der Waals surface area contributed by atoms with Gasteiger partial charge in [-0.05, 0) is 42.8 Å². The number of nitrogens with zero attached hydrogens (tertiary/aromatic N) is 2. The van der Waals surface area contributed by atoms with Gasteiger partial charge in [0.15, 0.2) is 0 Å². The monoisotopic (exact) mass is 331 g/mol. The molecule has 2 aromatic carbocycles. The number of amides is 2. The Kier molecular flexibility index (Phi) is 4.62. The molecule has 1 aliphatic rings. The van der Waals surface area contributed by atoms with Crippen molar-refractivity contribution < 1.29 is 9.59 Å².